The molecule has 1 amide bonds. The predicted octanol–water partition coefficient (Wildman–Crippen LogP) is 3.63. The number of fused-ring (bicyclic) bond motifs is 1. The van der Waals surface area contributed by atoms with Crippen molar-refractivity contribution in [3.05, 3.63) is 65.1 Å². The molecule has 0 radical (unpaired) electrons. The quantitative estimate of drug-likeness (QED) is 0.566. The number of methoxy groups -OCH3 is 1. The third kappa shape index (κ3) is 5.00. The van der Waals surface area contributed by atoms with Crippen molar-refractivity contribution in [2.24, 2.45) is 5.92 Å². The second-order valence-corrected chi connectivity index (χ2v) is 8.03. The topological polar surface area (TPSA) is 75.9 Å². The molecule has 6 heteroatoms. The molecule has 0 aliphatic rings. The van der Waals surface area contributed by atoms with Crippen LogP contribution in [-0.2, 0) is 12.8 Å². The van der Waals surface area contributed by atoms with E-state index in [1.54, 1.807) is 7.11 Å². The lowest BCUT2D eigenvalue weighted by Gasteiger charge is -2.17. The van der Waals surface area contributed by atoms with Gasteiger partial charge in [0.25, 0.3) is 5.91 Å². The monoisotopic (exact) mass is 409 g/mol. The van der Waals surface area contributed by atoms with Gasteiger partial charge < -0.3 is 19.6 Å². The number of amides is 1. The minimum Gasteiger partial charge on any atom is -0.497 e. The van der Waals surface area contributed by atoms with E-state index in [1.807, 2.05) is 35.6 Å². The van der Waals surface area contributed by atoms with Crippen molar-refractivity contribution < 1.29 is 14.6 Å². The summed E-state index contributed by atoms with van der Waals surface area (Å²) in [7, 11) is 1.66. The number of nitrogens with one attached hydrogen (secondary N) is 1. The first-order chi connectivity index (χ1) is 14.4. The fraction of sp³-hybridized carbons (Fsp3) is 0.417. The van der Waals surface area contributed by atoms with Crippen LogP contribution < -0.4 is 10.1 Å². The Labute approximate surface area is 177 Å². The molecule has 2 N–H and O–H groups in total. The lowest BCUT2D eigenvalue weighted by molar-refractivity contribution is 0.0903. The fourth-order valence-corrected chi connectivity index (χ4v) is 3.74. The van der Waals surface area contributed by atoms with Crippen LogP contribution >= 0.6 is 0 Å². The number of hydrogen-bond donors (Lipinski definition) is 2. The normalized spacial score (nSPS) is 12.3. The predicted molar refractivity (Wildman–Crippen MR) is 118 cm³/mol. The zero-order valence-electron chi connectivity index (χ0n) is 18.2. The van der Waals surface area contributed by atoms with Gasteiger partial charge >= 0.3 is 0 Å². The molecule has 1 atom stereocenters. The van der Waals surface area contributed by atoms with Crippen LogP contribution in [-0.4, -0.2) is 40.2 Å². The highest BCUT2D eigenvalue weighted by atomic mass is 16.5. The number of carbonyl (C=O) groups excluding carboxylic acids is 1. The molecule has 3 rings (SSSR count). The molecule has 0 aliphatic carbocycles. The van der Waals surface area contributed by atoms with E-state index in [-0.39, 0.29) is 18.6 Å². The number of aliphatic hydroxyl groups is 1. The van der Waals surface area contributed by atoms with Gasteiger partial charge in [0.1, 0.15) is 17.1 Å². The van der Waals surface area contributed by atoms with Gasteiger partial charge in [0, 0.05) is 6.20 Å². The van der Waals surface area contributed by atoms with E-state index in [0.29, 0.717) is 18.0 Å². The van der Waals surface area contributed by atoms with Crippen LogP contribution in [0.2, 0.25) is 0 Å². The van der Waals surface area contributed by atoms with Crippen molar-refractivity contribution in [1.82, 2.24) is 14.7 Å². The first-order valence-corrected chi connectivity index (χ1v) is 10.5. The lowest BCUT2D eigenvalue weighted by Crippen LogP contribution is -2.39. The van der Waals surface area contributed by atoms with E-state index in [0.717, 1.165) is 35.5 Å². The standard InChI is InChI=1S/C24H31N3O3/c1-5-21-23(24(29)25-19(15-28)12-16(2)3)26-22-11-8-18(14-27(21)22)13-17-6-9-20(30-4)10-7-17/h6-11,14,16,19,28H,5,12-13,15H2,1-4H3,(H,25,29)/t19-/m0/s1. The maximum atomic E-state index is 12.9. The average Bonchev–Trinajstić information content (AvgIpc) is 3.11. The number of rotatable bonds is 9. The first kappa shape index (κ1) is 21.8. The van der Waals surface area contributed by atoms with Crippen molar-refractivity contribution in [2.75, 3.05) is 13.7 Å². The zero-order valence-corrected chi connectivity index (χ0v) is 18.2. The molecule has 2 heterocycles. The van der Waals surface area contributed by atoms with Crippen molar-refractivity contribution in [3.63, 3.8) is 0 Å². The molecule has 0 fully saturated rings. The molecule has 3 aromatic rings. The minimum absolute atomic E-state index is 0.0786. The van der Waals surface area contributed by atoms with Gasteiger partial charge in [-0.05, 0) is 54.5 Å². The third-order valence-electron chi connectivity index (χ3n) is 5.21. The van der Waals surface area contributed by atoms with E-state index in [9.17, 15) is 9.90 Å². The number of benzene rings is 1. The van der Waals surface area contributed by atoms with Crippen molar-refractivity contribution in [1.29, 1.82) is 0 Å². The fourth-order valence-electron chi connectivity index (χ4n) is 3.74. The van der Waals surface area contributed by atoms with Gasteiger partial charge in [0.2, 0.25) is 0 Å². The lowest BCUT2D eigenvalue weighted by atomic mass is 10.0. The number of aryl methyl sites for hydroxylation is 1. The van der Waals surface area contributed by atoms with Crippen LogP contribution in [0.4, 0.5) is 0 Å². The zero-order chi connectivity index (χ0) is 21.7. The summed E-state index contributed by atoms with van der Waals surface area (Å²) in [5.41, 5.74) is 4.38. The van der Waals surface area contributed by atoms with Gasteiger partial charge in [0.15, 0.2) is 0 Å². The molecule has 0 bridgehead atoms. The van der Waals surface area contributed by atoms with Gasteiger partial charge in [-0.2, -0.15) is 0 Å². The molecule has 2 aromatic heterocycles. The first-order valence-electron chi connectivity index (χ1n) is 10.5. The number of aromatic nitrogens is 2. The Bertz CT molecular complexity index is 993. The van der Waals surface area contributed by atoms with Crippen LogP contribution in [0.3, 0.4) is 0 Å². The molecule has 1 aromatic carbocycles. The summed E-state index contributed by atoms with van der Waals surface area (Å²) in [6, 6.07) is 11.8. The third-order valence-corrected chi connectivity index (χ3v) is 5.21. The molecule has 0 unspecified atom stereocenters. The number of carbonyl (C=O) groups is 1. The largest absolute Gasteiger partial charge is 0.497 e. The Balaban J connectivity index is 1.85. The summed E-state index contributed by atoms with van der Waals surface area (Å²) in [6.07, 6.45) is 4.25. The molecule has 6 nitrogen and oxygen atoms in total. The van der Waals surface area contributed by atoms with Crippen LogP contribution in [0.5, 0.6) is 5.75 Å². The Morgan fingerprint density at radius 2 is 1.87 bits per heavy atom. The number of nitrogens with zero attached hydrogens (tertiary/aromatic N) is 2. The molecule has 0 saturated heterocycles. The summed E-state index contributed by atoms with van der Waals surface area (Å²) in [6.45, 7) is 6.09. The number of ether oxygens (including phenoxy) is 1. The maximum absolute atomic E-state index is 12.9. The second-order valence-electron chi connectivity index (χ2n) is 8.03. The summed E-state index contributed by atoms with van der Waals surface area (Å²) >= 11 is 0. The molecule has 0 saturated carbocycles. The Morgan fingerprint density at radius 1 is 1.17 bits per heavy atom. The Hall–Kier alpha value is -2.86. The van der Waals surface area contributed by atoms with Crippen LogP contribution in [0.15, 0.2) is 42.6 Å². The summed E-state index contributed by atoms with van der Waals surface area (Å²) < 4.78 is 7.23. The van der Waals surface area contributed by atoms with Gasteiger partial charge in [-0.1, -0.05) is 39.0 Å². The molecule has 30 heavy (non-hydrogen) atoms. The molecule has 0 aliphatic heterocycles. The van der Waals surface area contributed by atoms with Gasteiger partial charge in [-0.15, -0.1) is 0 Å². The van der Waals surface area contributed by atoms with E-state index < -0.39 is 0 Å². The van der Waals surface area contributed by atoms with Gasteiger partial charge in [-0.25, -0.2) is 4.98 Å². The van der Waals surface area contributed by atoms with Crippen molar-refractivity contribution in [3.8, 4) is 5.75 Å². The summed E-state index contributed by atoms with van der Waals surface area (Å²) in [4.78, 5) is 17.4. The molecular weight excluding hydrogens is 378 g/mol. The van der Waals surface area contributed by atoms with Crippen LogP contribution in [0.25, 0.3) is 5.65 Å². The number of imidazole rings is 1. The second kappa shape index (κ2) is 9.76. The number of aliphatic hydroxyl groups excluding tert-OH is 1. The highest BCUT2D eigenvalue weighted by molar-refractivity contribution is 5.94. The number of hydrogen-bond acceptors (Lipinski definition) is 4. The average molecular weight is 410 g/mol. The highest BCUT2D eigenvalue weighted by Gasteiger charge is 2.21. The summed E-state index contributed by atoms with van der Waals surface area (Å²) in [5, 5.41) is 12.5. The molecule has 160 valence electrons. The SMILES string of the molecule is CCc1c(C(=O)N[C@H](CO)CC(C)C)nc2ccc(Cc3ccc(OC)cc3)cn12. The van der Waals surface area contributed by atoms with Crippen molar-refractivity contribution >= 4 is 11.6 Å². The number of pyridine rings is 1. The van der Waals surface area contributed by atoms with Crippen molar-refractivity contribution in [2.45, 2.75) is 46.1 Å². The van der Waals surface area contributed by atoms with E-state index in [4.69, 9.17) is 4.74 Å². The van der Waals surface area contributed by atoms with Gasteiger partial charge in [0.05, 0.1) is 25.5 Å². The smallest absolute Gasteiger partial charge is 0.272 e. The molecular formula is C24H31N3O3. The maximum Gasteiger partial charge on any atom is 0.272 e. The van der Waals surface area contributed by atoms with Crippen LogP contribution in [0, 0.1) is 5.92 Å². The van der Waals surface area contributed by atoms with E-state index >= 15 is 0 Å². The Kier molecular flexibility index (Phi) is 7.11. The van der Waals surface area contributed by atoms with Crippen LogP contribution in [0.1, 0.15) is 54.5 Å². The summed E-state index contributed by atoms with van der Waals surface area (Å²) in [5.74, 6) is 0.994. The van der Waals surface area contributed by atoms with E-state index in [2.05, 4.69) is 42.5 Å². The van der Waals surface area contributed by atoms with Gasteiger partial charge in [-0.3, -0.25) is 4.79 Å². The Morgan fingerprint density at radius 3 is 2.47 bits per heavy atom. The molecule has 0 spiro atoms. The minimum atomic E-state index is -0.266. The van der Waals surface area contributed by atoms with E-state index in [1.165, 1.54) is 5.56 Å². The highest BCUT2D eigenvalue weighted by Crippen LogP contribution is 2.19.